The van der Waals surface area contributed by atoms with Crippen molar-refractivity contribution in [2.75, 3.05) is 19.6 Å². The number of amides is 2. The monoisotopic (exact) mass is 312 g/mol. The van der Waals surface area contributed by atoms with Crippen LogP contribution in [0.1, 0.15) is 50.1 Å². The third-order valence-electron chi connectivity index (χ3n) is 5.92. The Balaban J connectivity index is 1.39. The second-order valence-corrected chi connectivity index (χ2v) is 7.44. The molecule has 1 spiro atoms. The fraction of sp³-hybridized carbons (Fsp3) is 0.579. The normalized spacial score (nSPS) is 25.9. The lowest BCUT2D eigenvalue weighted by atomic mass is 9.85. The van der Waals surface area contributed by atoms with Gasteiger partial charge in [0, 0.05) is 19.5 Å². The first kappa shape index (κ1) is 14.7. The van der Waals surface area contributed by atoms with Crippen LogP contribution in [0.25, 0.3) is 0 Å². The number of rotatable bonds is 3. The van der Waals surface area contributed by atoms with Crippen molar-refractivity contribution < 1.29 is 9.59 Å². The molecule has 1 aliphatic carbocycles. The van der Waals surface area contributed by atoms with Crippen LogP contribution in [0.4, 0.5) is 0 Å². The van der Waals surface area contributed by atoms with Gasteiger partial charge in [-0.3, -0.25) is 9.59 Å². The van der Waals surface area contributed by atoms with E-state index in [4.69, 9.17) is 0 Å². The van der Waals surface area contributed by atoms with E-state index in [1.165, 1.54) is 18.4 Å². The third-order valence-corrected chi connectivity index (χ3v) is 5.92. The topological polar surface area (TPSA) is 40.6 Å². The van der Waals surface area contributed by atoms with Crippen LogP contribution in [0.3, 0.4) is 0 Å². The fourth-order valence-electron chi connectivity index (χ4n) is 4.55. The van der Waals surface area contributed by atoms with Crippen LogP contribution in [0, 0.1) is 5.41 Å². The summed E-state index contributed by atoms with van der Waals surface area (Å²) in [6.45, 7) is 1.87. The maximum atomic E-state index is 12.6. The van der Waals surface area contributed by atoms with Gasteiger partial charge in [-0.15, -0.1) is 0 Å². The minimum Gasteiger partial charge on any atom is -0.334 e. The summed E-state index contributed by atoms with van der Waals surface area (Å²) in [5.74, 6) is 0.283. The van der Waals surface area contributed by atoms with Gasteiger partial charge in [-0.25, -0.2) is 0 Å². The van der Waals surface area contributed by atoms with E-state index in [9.17, 15) is 9.59 Å². The molecule has 0 aromatic heterocycles. The fourth-order valence-corrected chi connectivity index (χ4v) is 4.55. The number of nitrogens with zero attached hydrogens (tertiary/aromatic N) is 2. The molecule has 3 fully saturated rings. The van der Waals surface area contributed by atoms with Crippen LogP contribution in [0.5, 0.6) is 0 Å². The lowest BCUT2D eigenvalue weighted by Crippen LogP contribution is -2.49. The van der Waals surface area contributed by atoms with E-state index in [0.29, 0.717) is 6.42 Å². The summed E-state index contributed by atoms with van der Waals surface area (Å²) in [6, 6.07) is 10.4. The minimum absolute atomic E-state index is 0.105. The van der Waals surface area contributed by atoms with Crippen LogP contribution in [-0.4, -0.2) is 41.2 Å². The second-order valence-electron chi connectivity index (χ2n) is 7.44. The molecule has 2 saturated heterocycles. The third kappa shape index (κ3) is 2.64. The molecule has 4 heteroatoms. The molecule has 2 amide bonds. The highest BCUT2D eigenvalue weighted by Gasteiger charge is 2.45. The summed E-state index contributed by atoms with van der Waals surface area (Å²) in [5.41, 5.74) is 1.39. The molecule has 2 aliphatic heterocycles. The molecule has 1 aromatic carbocycles. The molecule has 1 aromatic rings. The molecular weight excluding hydrogens is 288 g/mol. The average molecular weight is 312 g/mol. The molecule has 1 atom stereocenters. The first-order valence-corrected chi connectivity index (χ1v) is 8.79. The van der Waals surface area contributed by atoms with E-state index in [2.05, 4.69) is 12.1 Å². The lowest BCUT2D eigenvalue weighted by Gasteiger charge is -2.42. The van der Waals surface area contributed by atoms with Gasteiger partial charge in [-0.05, 0) is 30.2 Å². The van der Waals surface area contributed by atoms with Crippen molar-refractivity contribution in [2.24, 2.45) is 5.41 Å². The maximum absolute atomic E-state index is 12.6. The zero-order chi connectivity index (χ0) is 15.9. The van der Waals surface area contributed by atoms with E-state index in [1.54, 1.807) is 0 Å². The van der Waals surface area contributed by atoms with Crippen LogP contribution in [-0.2, 0) is 9.59 Å². The van der Waals surface area contributed by atoms with E-state index < -0.39 is 0 Å². The van der Waals surface area contributed by atoms with Crippen molar-refractivity contribution in [1.29, 1.82) is 0 Å². The van der Waals surface area contributed by atoms with Gasteiger partial charge in [0.25, 0.3) is 0 Å². The number of hydrogen-bond donors (Lipinski definition) is 0. The SMILES string of the molecule is O=C1CC2(CCCC2)CN1CC(=O)N1CC[C@@H]1c1ccccc1. The molecule has 0 N–H and O–H groups in total. The van der Waals surface area contributed by atoms with Gasteiger partial charge < -0.3 is 9.80 Å². The van der Waals surface area contributed by atoms with Crippen LogP contribution in [0.2, 0.25) is 0 Å². The molecule has 1 saturated carbocycles. The highest BCUT2D eigenvalue weighted by Crippen LogP contribution is 2.45. The van der Waals surface area contributed by atoms with E-state index in [1.807, 2.05) is 28.0 Å². The van der Waals surface area contributed by atoms with E-state index in [0.717, 1.165) is 32.4 Å². The molecule has 0 unspecified atom stereocenters. The average Bonchev–Trinajstić information content (AvgIpc) is 3.06. The van der Waals surface area contributed by atoms with Crippen molar-refractivity contribution in [1.82, 2.24) is 9.80 Å². The Morgan fingerprint density at radius 3 is 2.57 bits per heavy atom. The number of benzene rings is 1. The Morgan fingerprint density at radius 2 is 1.91 bits per heavy atom. The van der Waals surface area contributed by atoms with Crippen molar-refractivity contribution in [2.45, 2.75) is 44.6 Å². The summed E-state index contributed by atoms with van der Waals surface area (Å²) in [6.07, 6.45) is 6.45. The zero-order valence-electron chi connectivity index (χ0n) is 13.5. The molecular formula is C19H24N2O2. The van der Waals surface area contributed by atoms with Gasteiger partial charge in [0.1, 0.15) is 0 Å². The maximum Gasteiger partial charge on any atom is 0.242 e. The molecule has 3 aliphatic rings. The summed E-state index contributed by atoms with van der Waals surface area (Å²) in [7, 11) is 0. The molecule has 4 rings (SSSR count). The molecule has 23 heavy (non-hydrogen) atoms. The summed E-state index contributed by atoms with van der Waals surface area (Å²) < 4.78 is 0. The highest BCUT2D eigenvalue weighted by molar-refractivity contribution is 5.87. The van der Waals surface area contributed by atoms with E-state index >= 15 is 0 Å². The van der Waals surface area contributed by atoms with Crippen molar-refractivity contribution in [3.05, 3.63) is 35.9 Å². The number of likely N-dealkylation sites (tertiary alicyclic amines) is 2. The Hall–Kier alpha value is -1.84. The Bertz CT molecular complexity index is 607. The Kier molecular flexibility index (Phi) is 3.63. The van der Waals surface area contributed by atoms with E-state index in [-0.39, 0.29) is 29.8 Å². The first-order chi connectivity index (χ1) is 11.2. The smallest absolute Gasteiger partial charge is 0.242 e. The van der Waals surface area contributed by atoms with Crippen LogP contribution in [0.15, 0.2) is 30.3 Å². The van der Waals surface area contributed by atoms with Gasteiger partial charge in [0.15, 0.2) is 0 Å². The number of carbonyl (C=O) groups is 2. The molecule has 2 heterocycles. The van der Waals surface area contributed by atoms with Crippen molar-refractivity contribution >= 4 is 11.8 Å². The Morgan fingerprint density at radius 1 is 1.17 bits per heavy atom. The lowest BCUT2D eigenvalue weighted by molar-refractivity contribution is -0.144. The van der Waals surface area contributed by atoms with Gasteiger partial charge in [-0.2, -0.15) is 0 Å². The second kappa shape index (κ2) is 5.66. The quantitative estimate of drug-likeness (QED) is 0.861. The number of carbonyl (C=O) groups excluding carboxylic acids is 2. The van der Waals surface area contributed by atoms with Gasteiger partial charge in [0.05, 0.1) is 12.6 Å². The summed E-state index contributed by atoms with van der Waals surface area (Å²) in [5, 5.41) is 0. The molecule has 122 valence electrons. The molecule has 0 bridgehead atoms. The predicted octanol–water partition coefficient (Wildman–Crippen LogP) is 2.75. The largest absolute Gasteiger partial charge is 0.334 e. The summed E-state index contributed by atoms with van der Waals surface area (Å²) in [4.78, 5) is 28.7. The highest BCUT2D eigenvalue weighted by atomic mass is 16.2. The van der Waals surface area contributed by atoms with Crippen LogP contribution < -0.4 is 0 Å². The van der Waals surface area contributed by atoms with Crippen LogP contribution >= 0.6 is 0 Å². The number of hydrogen-bond acceptors (Lipinski definition) is 2. The van der Waals surface area contributed by atoms with Gasteiger partial charge in [0.2, 0.25) is 11.8 Å². The standard InChI is InChI=1S/C19H24N2O2/c22-17-12-19(9-4-5-10-19)14-20(17)13-18(23)21-11-8-16(21)15-6-2-1-3-7-15/h1-3,6-7,16H,4-5,8-14H2/t16-/m1/s1. The minimum atomic E-state index is 0.105. The van der Waals surface area contributed by atoms with Gasteiger partial charge >= 0.3 is 0 Å². The summed E-state index contributed by atoms with van der Waals surface area (Å²) >= 11 is 0. The molecule has 0 radical (unpaired) electrons. The Labute approximate surface area is 137 Å². The molecule has 4 nitrogen and oxygen atoms in total. The van der Waals surface area contributed by atoms with Crippen molar-refractivity contribution in [3.8, 4) is 0 Å². The first-order valence-electron chi connectivity index (χ1n) is 8.79. The zero-order valence-corrected chi connectivity index (χ0v) is 13.5. The predicted molar refractivity (Wildman–Crippen MR) is 87.6 cm³/mol. The van der Waals surface area contributed by atoms with Crippen molar-refractivity contribution in [3.63, 3.8) is 0 Å². The van der Waals surface area contributed by atoms with Gasteiger partial charge in [-0.1, -0.05) is 43.2 Å².